The summed E-state index contributed by atoms with van der Waals surface area (Å²) in [6, 6.07) is 11.3. The van der Waals surface area contributed by atoms with E-state index in [1.807, 2.05) is 36.4 Å². The monoisotopic (exact) mass is 388 g/mol. The van der Waals surface area contributed by atoms with E-state index in [-0.39, 0.29) is 0 Å². The van der Waals surface area contributed by atoms with Crippen molar-refractivity contribution in [2.24, 2.45) is 0 Å². The third-order valence-electron chi connectivity index (χ3n) is 4.35. The summed E-state index contributed by atoms with van der Waals surface area (Å²) >= 11 is 0. The molecule has 0 atom stereocenters. The summed E-state index contributed by atoms with van der Waals surface area (Å²) < 4.78 is 10.9. The largest absolute Gasteiger partial charge is 0.493 e. The van der Waals surface area contributed by atoms with Crippen LogP contribution in [-0.2, 0) is 6.54 Å². The molecule has 29 heavy (non-hydrogen) atoms. The lowest BCUT2D eigenvalue weighted by molar-refractivity contribution is 0.356. The van der Waals surface area contributed by atoms with Crippen LogP contribution in [0.2, 0.25) is 0 Å². The Morgan fingerprint density at radius 3 is 2.17 bits per heavy atom. The molecular weight excluding hydrogens is 368 g/mol. The SMILES string of the molecule is COc1cc2nc(Nc3ccncc3)nc(NCc3ccncc3)c2cc1OC. The molecule has 0 bridgehead atoms. The van der Waals surface area contributed by atoms with Gasteiger partial charge in [-0.1, -0.05) is 0 Å². The minimum atomic E-state index is 0.466. The van der Waals surface area contributed by atoms with E-state index < -0.39 is 0 Å². The maximum absolute atomic E-state index is 5.45. The van der Waals surface area contributed by atoms with Crippen molar-refractivity contribution in [3.63, 3.8) is 0 Å². The van der Waals surface area contributed by atoms with Crippen LogP contribution in [0.3, 0.4) is 0 Å². The normalized spacial score (nSPS) is 10.6. The first-order valence-corrected chi connectivity index (χ1v) is 9.00. The van der Waals surface area contributed by atoms with Gasteiger partial charge in [-0.05, 0) is 35.9 Å². The first-order valence-electron chi connectivity index (χ1n) is 9.00. The molecule has 0 aliphatic heterocycles. The molecule has 146 valence electrons. The van der Waals surface area contributed by atoms with Gasteiger partial charge in [-0.3, -0.25) is 9.97 Å². The standard InChI is InChI=1S/C21H20N6O2/c1-28-18-11-16-17(12-19(18)29-2)26-21(25-15-5-9-23-10-6-15)27-20(16)24-13-14-3-7-22-8-4-14/h3-12H,13H2,1-2H3,(H2,23,24,25,26,27). The number of ether oxygens (including phenoxy) is 2. The second-order valence-corrected chi connectivity index (χ2v) is 6.19. The topological polar surface area (TPSA) is 94.1 Å². The summed E-state index contributed by atoms with van der Waals surface area (Å²) in [7, 11) is 3.21. The molecular formula is C21H20N6O2. The minimum absolute atomic E-state index is 0.466. The average molecular weight is 388 g/mol. The zero-order valence-corrected chi connectivity index (χ0v) is 16.1. The molecule has 0 fully saturated rings. The lowest BCUT2D eigenvalue weighted by atomic mass is 10.2. The van der Waals surface area contributed by atoms with Gasteiger partial charge < -0.3 is 20.1 Å². The number of methoxy groups -OCH3 is 2. The summed E-state index contributed by atoms with van der Waals surface area (Å²) in [5.74, 6) is 2.37. The van der Waals surface area contributed by atoms with Gasteiger partial charge in [0.2, 0.25) is 5.95 Å². The van der Waals surface area contributed by atoms with Crippen molar-refractivity contribution in [1.29, 1.82) is 0 Å². The first-order chi connectivity index (χ1) is 14.3. The zero-order valence-electron chi connectivity index (χ0n) is 16.1. The van der Waals surface area contributed by atoms with Gasteiger partial charge in [0.15, 0.2) is 11.5 Å². The Morgan fingerprint density at radius 2 is 1.48 bits per heavy atom. The van der Waals surface area contributed by atoms with Crippen molar-refractivity contribution in [3.8, 4) is 11.5 Å². The highest BCUT2D eigenvalue weighted by molar-refractivity contribution is 5.93. The summed E-state index contributed by atoms with van der Waals surface area (Å²) in [5, 5.41) is 7.44. The smallest absolute Gasteiger partial charge is 0.229 e. The van der Waals surface area contributed by atoms with Crippen molar-refractivity contribution < 1.29 is 9.47 Å². The molecule has 0 aliphatic carbocycles. The summed E-state index contributed by atoms with van der Waals surface area (Å²) in [4.78, 5) is 17.4. The van der Waals surface area contributed by atoms with Crippen LogP contribution >= 0.6 is 0 Å². The van der Waals surface area contributed by atoms with Crippen LogP contribution in [0, 0.1) is 0 Å². The van der Waals surface area contributed by atoms with Gasteiger partial charge >= 0.3 is 0 Å². The van der Waals surface area contributed by atoms with Gasteiger partial charge in [-0.25, -0.2) is 4.98 Å². The van der Waals surface area contributed by atoms with Crippen LogP contribution in [0.4, 0.5) is 17.5 Å². The van der Waals surface area contributed by atoms with Crippen molar-refractivity contribution in [2.45, 2.75) is 6.54 Å². The number of aromatic nitrogens is 4. The van der Waals surface area contributed by atoms with Gasteiger partial charge in [-0.2, -0.15) is 4.98 Å². The van der Waals surface area contributed by atoms with Crippen LogP contribution < -0.4 is 20.1 Å². The van der Waals surface area contributed by atoms with Crippen LogP contribution in [-0.4, -0.2) is 34.2 Å². The molecule has 3 aromatic heterocycles. The van der Waals surface area contributed by atoms with E-state index in [1.54, 1.807) is 39.0 Å². The molecule has 4 rings (SSSR count). The third kappa shape index (κ3) is 4.16. The molecule has 0 aliphatic rings. The number of anilines is 3. The predicted octanol–water partition coefficient (Wildman–Crippen LogP) is 3.79. The fourth-order valence-corrected chi connectivity index (χ4v) is 2.90. The van der Waals surface area contributed by atoms with Crippen LogP contribution in [0.5, 0.6) is 11.5 Å². The van der Waals surface area contributed by atoms with E-state index in [0.29, 0.717) is 29.8 Å². The number of hydrogen-bond donors (Lipinski definition) is 2. The highest BCUT2D eigenvalue weighted by atomic mass is 16.5. The van der Waals surface area contributed by atoms with Gasteiger partial charge in [0.05, 0.1) is 19.7 Å². The summed E-state index contributed by atoms with van der Waals surface area (Å²) in [6.45, 7) is 0.595. The number of fused-ring (bicyclic) bond motifs is 1. The molecule has 0 amide bonds. The lowest BCUT2D eigenvalue weighted by Gasteiger charge is -2.14. The fourth-order valence-electron chi connectivity index (χ4n) is 2.90. The quantitative estimate of drug-likeness (QED) is 0.494. The Hall–Kier alpha value is -3.94. The second kappa shape index (κ2) is 8.39. The number of benzene rings is 1. The number of rotatable bonds is 7. The Bertz CT molecular complexity index is 1110. The molecule has 0 saturated carbocycles. The molecule has 0 unspecified atom stereocenters. The summed E-state index contributed by atoms with van der Waals surface area (Å²) in [6.07, 6.45) is 6.94. The zero-order chi connectivity index (χ0) is 20.1. The van der Waals surface area contributed by atoms with E-state index >= 15 is 0 Å². The molecule has 0 saturated heterocycles. The van der Waals surface area contributed by atoms with Crippen LogP contribution in [0.1, 0.15) is 5.56 Å². The number of pyridine rings is 2. The molecule has 2 N–H and O–H groups in total. The van der Waals surface area contributed by atoms with E-state index in [4.69, 9.17) is 9.47 Å². The molecule has 1 aromatic carbocycles. The first kappa shape index (κ1) is 18.4. The third-order valence-corrected chi connectivity index (χ3v) is 4.35. The minimum Gasteiger partial charge on any atom is -0.493 e. The highest BCUT2D eigenvalue weighted by Gasteiger charge is 2.13. The van der Waals surface area contributed by atoms with Crippen molar-refractivity contribution >= 4 is 28.4 Å². The van der Waals surface area contributed by atoms with Gasteiger partial charge in [0.25, 0.3) is 0 Å². The maximum atomic E-state index is 5.45. The van der Waals surface area contributed by atoms with E-state index in [0.717, 1.165) is 22.2 Å². The van der Waals surface area contributed by atoms with Crippen LogP contribution in [0.25, 0.3) is 10.9 Å². The Kier molecular flexibility index (Phi) is 5.33. The molecule has 8 heteroatoms. The van der Waals surface area contributed by atoms with E-state index in [2.05, 4.69) is 30.6 Å². The van der Waals surface area contributed by atoms with E-state index in [1.165, 1.54) is 0 Å². The van der Waals surface area contributed by atoms with Gasteiger partial charge in [0, 0.05) is 48.5 Å². The predicted molar refractivity (Wildman–Crippen MR) is 112 cm³/mol. The van der Waals surface area contributed by atoms with Crippen LogP contribution in [0.15, 0.2) is 61.2 Å². The second-order valence-electron chi connectivity index (χ2n) is 6.19. The summed E-state index contributed by atoms with van der Waals surface area (Å²) in [5.41, 5.74) is 2.67. The van der Waals surface area contributed by atoms with Crippen molar-refractivity contribution in [2.75, 3.05) is 24.9 Å². The van der Waals surface area contributed by atoms with Crippen molar-refractivity contribution in [1.82, 2.24) is 19.9 Å². The highest BCUT2D eigenvalue weighted by Crippen LogP contribution is 2.35. The van der Waals surface area contributed by atoms with Crippen molar-refractivity contribution in [3.05, 3.63) is 66.7 Å². The Balaban J connectivity index is 1.76. The molecule has 8 nitrogen and oxygen atoms in total. The molecule has 3 heterocycles. The number of hydrogen-bond acceptors (Lipinski definition) is 8. The molecule has 0 radical (unpaired) electrons. The fraction of sp³-hybridized carbons (Fsp3) is 0.143. The Labute approximate surface area is 168 Å². The molecule has 0 spiro atoms. The average Bonchev–Trinajstić information content (AvgIpc) is 2.78. The van der Waals surface area contributed by atoms with E-state index in [9.17, 15) is 0 Å². The Morgan fingerprint density at radius 1 is 0.828 bits per heavy atom. The maximum Gasteiger partial charge on any atom is 0.229 e. The number of nitrogens with one attached hydrogen (secondary N) is 2. The van der Waals surface area contributed by atoms with Gasteiger partial charge in [-0.15, -0.1) is 0 Å². The van der Waals surface area contributed by atoms with Gasteiger partial charge in [0.1, 0.15) is 5.82 Å². The lowest BCUT2D eigenvalue weighted by Crippen LogP contribution is -2.06. The molecule has 4 aromatic rings. The number of nitrogens with zero attached hydrogens (tertiary/aromatic N) is 4.